The zero-order valence-electron chi connectivity index (χ0n) is 17.2. The van der Waals surface area contributed by atoms with Crippen molar-refractivity contribution in [3.8, 4) is 0 Å². The highest BCUT2D eigenvalue weighted by Gasteiger charge is 2.31. The number of sulfonamides is 1. The fourth-order valence-electron chi connectivity index (χ4n) is 4.33. The lowest BCUT2D eigenvalue weighted by Crippen LogP contribution is -2.48. The zero-order chi connectivity index (χ0) is 20.8. The van der Waals surface area contributed by atoms with Crippen molar-refractivity contribution in [3.05, 3.63) is 53.1 Å². The van der Waals surface area contributed by atoms with Crippen LogP contribution in [0.2, 0.25) is 0 Å². The Kier molecular flexibility index (Phi) is 5.12. The van der Waals surface area contributed by atoms with Crippen LogP contribution in [-0.2, 0) is 21.2 Å². The number of carbonyl (C=O) groups is 1. The maximum Gasteiger partial charge on any atom is 0.243 e. The van der Waals surface area contributed by atoms with E-state index in [0.717, 1.165) is 16.9 Å². The molecule has 29 heavy (non-hydrogen) atoms. The van der Waals surface area contributed by atoms with Gasteiger partial charge >= 0.3 is 0 Å². The average Bonchev–Trinajstić information content (AvgIpc) is 3.11. The van der Waals surface area contributed by atoms with E-state index in [1.165, 1.54) is 18.1 Å². The van der Waals surface area contributed by atoms with Crippen molar-refractivity contribution in [2.75, 3.05) is 42.5 Å². The quantitative estimate of drug-likeness (QED) is 0.776. The smallest absolute Gasteiger partial charge is 0.243 e. The molecule has 0 saturated carbocycles. The number of nitrogens with zero attached hydrogens (tertiary/aromatic N) is 3. The number of piperazine rings is 1. The van der Waals surface area contributed by atoms with Gasteiger partial charge < -0.3 is 9.80 Å². The summed E-state index contributed by atoms with van der Waals surface area (Å²) in [6.07, 6.45) is 0.693. The second-order valence-electron chi connectivity index (χ2n) is 7.95. The second kappa shape index (κ2) is 7.46. The Morgan fingerprint density at radius 3 is 2.17 bits per heavy atom. The topological polar surface area (TPSA) is 60.9 Å². The van der Waals surface area contributed by atoms with Gasteiger partial charge in [-0.05, 0) is 67.3 Å². The lowest BCUT2D eigenvalue weighted by atomic mass is 10.1. The summed E-state index contributed by atoms with van der Waals surface area (Å²) in [7, 11) is -3.54. The highest BCUT2D eigenvalue weighted by Crippen LogP contribution is 2.31. The Balaban J connectivity index is 1.50. The summed E-state index contributed by atoms with van der Waals surface area (Å²) in [5, 5.41) is 0. The highest BCUT2D eigenvalue weighted by molar-refractivity contribution is 7.89. The molecule has 0 atom stereocenters. The Hall–Kier alpha value is -2.38. The minimum atomic E-state index is -3.54. The van der Waals surface area contributed by atoms with E-state index in [0.29, 0.717) is 44.0 Å². The molecule has 4 rings (SSSR count). The number of hydrogen-bond donors (Lipinski definition) is 0. The van der Waals surface area contributed by atoms with Crippen molar-refractivity contribution in [2.24, 2.45) is 0 Å². The molecule has 1 saturated heterocycles. The van der Waals surface area contributed by atoms with Gasteiger partial charge in [0.15, 0.2) is 0 Å². The van der Waals surface area contributed by atoms with E-state index in [2.05, 4.69) is 36.9 Å². The first-order chi connectivity index (χ1) is 13.8. The van der Waals surface area contributed by atoms with Crippen LogP contribution in [0.3, 0.4) is 0 Å². The Morgan fingerprint density at radius 2 is 1.55 bits per heavy atom. The summed E-state index contributed by atoms with van der Waals surface area (Å²) < 4.78 is 27.9. The minimum Gasteiger partial charge on any atom is -0.369 e. The Morgan fingerprint density at radius 1 is 0.897 bits per heavy atom. The van der Waals surface area contributed by atoms with Gasteiger partial charge in [0.05, 0.1) is 4.90 Å². The van der Waals surface area contributed by atoms with E-state index in [-0.39, 0.29) is 5.91 Å². The first-order valence-electron chi connectivity index (χ1n) is 10.00. The van der Waals surface area contributed by atoms with Crippen LogP contribution >= 0.6 is 0 Å². The molecule has 2 aromatic carbocycles. The van der Waals surface area contributed by atoms with Crippen molar-refractivity contribution in [1.29, 1.82) is 0 Å². The van der Waals surface area contributed by atoms with Crippen molar-refractivity contribution in [3.63, 3.8) is 0 Å². The van der Waals surface area contributed by atoms with Gasteiger partial charge in [0.2, 0.25) is 15.9 Å². The summed E-state index contributed by atoms with van der Waals surface area (Å²) >= 11 is 0. The lowest BCUT2D eigenvalue weighted by Gasteiger charge is -2.35. The fraction of sp³-hybridized carbons (Fsp3) is 0.409. The molecule has 0 aromatic heterocycles. The van der Waals surface area contributed by atoms with Crippen LogP contribution < -0.4 is 9.80 Å². The van der Waals surface area contributed by atoms with Gasteiger partial charge in [-0.15, -0.1) is 0 Å². The Labute approximate surface area is 172 Å². The number of rotatable bonds is 3. The van der Waals surface area contributed by atoms with E-state index < -0.39 is 10.0 Å². The maximum atomic E-state index is 13.2. The summed E-state index contributed by atoms with van der Waals surface area (Å²) in [5.41, 5.74) is 5.34. The SMILES string of the molecule is CC(=O)N1CCc2cc(S(=O)(=O)N3CCN(c4cc(C)cc(C)c4)CC3)ccc21. The van der Waals surface area contributed by atoms with E-state index in [1.54, 1.807) is 27.4 Å². The van der Waals surface area contributed by atoms with Crippen molar-refractivity contribution in [2.45, 2.75) is 32.1 Å². The normalized spacial score (nSPS) is 17.5. The van der Waals surface area contributed by atoms with Crippen molar-refractivity contribution < 1.29 is 13.2 Å². The van der Waals surface area contributed by atoms with Crippen LogP contribution in [0, 0.1) is 13.8 Å². The van der Waals surface area contributed by atoms with Crippen LogP contribution in [0.4, 0.5) is 11.4 Å². The monoisotopic (exact) mass is 413 g/mol. The predicted octanol–water partition coefficient (Wildman–Crippen LogP) is 2.72. The van der Waals surface area contributed by atoms with Gasteiger partial charge in [-0.1, -0.05) is 6.07 Å². The molecule has 6 nitrogen and oxygen atoms in total. The van der Waals surface area contributed by atoms with Crippen molar-refractivity contribution in [1.82, 2.24) is 4.31 Å². The summed E-state index contributed by atoms with van der Waals surface area (Å²) in [5.74, 6) is -0.0122. The maximum absolute atomic E-state index is 13.2. The minimum absolute atomic E-state index is 0.0122. The molecule has 2 heterocycles. The molecule has 0 bridgehead atoms. The third kappa shape index (κ3) is 3.76. The molecule has 1 fully saturated rings. The molecule has 154 valence electrons. The van der Waals surface area contributed by atoms with Crippen LogP contribution in [0.5, 0.6) is 0 Å². The highest BCUT2D eigenvalue weighted by atomic mass is 32.2. The summed E-state index contributed by atoms with van der Waals surface area (Å²) in [6, 6.07) is 11.6. The number of benzene rings is 2. The van der Waals surface area contributed by atoms with Gasteiger partial charge in [-0.25, -0.2) is 8.42 Å². The van der Waals surface area contributed by atoms with Gasteiger partial charge in [-0.3, -0.25) is 4.79 Å². The summed E-state index contributed by atoms with van der Waals surface area (Å²) in [4.78, 5) is 16.0. The standard InChI is InChI=1S/C22H27N3O3S/c1-16-12-17(2)14-20(13-16)23-8-10-24(11-9-23)29(27,28)21-4-5-22-19(15-21)6-7-25(22)18(3)26/h4-5,12-15H,6-11H2,1-3H3. The number of anilines is 2. The summed E-state index contributed by atoms with van der Waals surface area (Å²) in [6.45, 7) is 8.59. The van der Waals surface area contributed by atoms with Crippen LogP contribution in [0.1, 0.15) is 23.6 Å². The number of aryl methyl sites for hydroxylation is 2. The zero-order valence-corrected chi connectivity index (χ0v) is 18.0. The molecular formula is C22H27N3O3S. The molecule has 2 aromatic rings. The van der Waals surface area contributed by atoms with E-state index >= 15 is 0 Å². The lowest BCUT2D eigenvalue weighted by molar-refractivity contribution is -0.116. The number of hydrogen-bond acceptors (Lipinski definition) is 4. The fourth-order valence-corrected chi connectivity index (χ4v) is 5.81. The predicted molar refractivity (Wildman–Crippen MR) is 115 cm³/mol. The molecule has 0 radical (unpaired) electrons. The van der Waals surface area contributed by atoms with E-state index in [4.69, 9.17) is 0 Å². The number of carbonyl (C=O) groups excluding carboxylic acids is 1. The molecule has 1 amide bonds. The van der Waals surface area contributed by atoms with Gasteiger partial charge in [0, 0.05) is 51.0 Å². The van der Waals surface area contributed by atoms with Crippen molar-refractivity contribution >= 4 is 27.3 Å². The van der Waals surface area contributed by atoms with Crippen LogP contribution in [0.25, 0.3) is 0 Å². The molecule has 0 spiro atoms. The van der Waals surface area contributed by atoms with Gasteiger partial charge in [0.25, 0.3) is 0 Å². The van der Waals surface area contributed by atoms with Crippen LogP contribution in [0.15, 0.2) is 41.3 Å². The first kappa shape index (κ1) is 19.9. The van der Waals surface area contributed by atoms with Gasteiger partial charge in [0.1, 0.15) is 0 Å². The molecule has 0 unspecified atom stereocenters. The van der Waals surface area contributed by atoms with E-state index in [1.807, 2.05) is 0 Å². The average molecular weight is 414 g/mol. The number of fused-ring (bicyclic) bond motifs is 1. The number of amides is 1. The molecule has 7 heteroatoms. The third-order valence-corrected chi connectivity index (χ3v) is 7.67. The molecule has 0 aliphatic carbocycles. The van der Waals surface area contributed by atoms with Crippen LogP contribution in [-0.4, -0.2) is 51.4 Å². The Bertz CT molecular complexity index is 1040. The molecule has 0 N–H and O–H groups in total. The largest absolute Gasteiger partial charge is 0.369 e. The third-order valence-electron chi connectivity index (χ3n) is 5.77. The molecular weight excluding hydrogens is 386 g/mol. The molecule has 2 aliphatic rings. The second-order valence-corrected chi connectivity index (χ2v) is 9.89. The van der Waals surface area contributed by atoms with E-state index in [9.17, 15) is 13.2 Å². The van der Waals surface area contributed by atoms with Gasteiger partial charge in [-0.2, -0.15) is 4.31 Å². The first-order valence-corrected chi connectivity index (χ1v) is 11.4. The molecule has 2 aliphatic heterocycles.